The van der Waals surface area contributed by atoms with Crippen LogP contribution in [0.2, 0.25) is 0 Å². The molecule has 0 spiro atoms. The van der Waals surface area contributed by atoms with Crippen LogP contribution in [0, 0.1) is 18.8 Å². The van der Waals surface area contributed by atoms with E-state index in [2.05, 4.69) is 11.1 Å². The number of likely N-dealkylation sites (tertiary alicyclic amines) is 1. The summed E-state index contributed by atoms with van der Waals surface area (Å²) in [4.78, 5) is 19.2. The van der Waals surface area contributed by atoms with E-state index in [0.29, 0.717) is 25.4 Å². The normalized spacial score (nSPS) is 17.9. The molecule has 2 heterocycles. The lowest BCUT2D eigenvalue weighted by atomic mass is 9.80. The first kappa shape index (κ1) is 30.8. The van der Waals surface area contributed by atoms with Crippen LogP contribution in [0.4, 0.5) is 4.79 Å². The number of aryl methyl sites for hydroxylation is 2. The van der Waals surface area contributed by atoms with Gasteiger partial charge in [0, 0.05) is 24.7 Å². The van der Waals surface area contributed by atoms with Crippen molar-refractivity contribution in [2.75, 3.05) is 26.8 Å². The number of amides is 1. The molecule has 2 atom stereocenters. The molecule has 4 rings (SSSR count). The number of methoxy groups -OCH3 is 1. The summed E-state index contributed by atoms with van der Waals surface area (Å²) in [7, 11) is -2.19. The SMILES string of the molecule is COc1ccc2nccc(CCC[C@@H]3CCN(C(=O)OC(C)(C)C)C[C@@H]3CCOS(=O)(=O)c3ccc(C)cc3)c2c1. The van der Waals surface area contributed by atoms with Gasteiger partial charge in [0.1, 0.15) is 11.4 Å². The van der Waals surface area contributed by atoms with E-state index in [1.54, 1.807) is 36.3 Å². The maximum Gasteiger partial charge on any atom is 0.410 e. The third-order valence-corrected chi connectivity index (χ3v) is 8.97. The van der Waals surface area contributed by atoms with Crippen molar-refractivity contribution in [1.29, 1.82) is 0 Å². The van der Waals surface area contributed by atoms with Crippen LogP contribution < -0.4 is 4.74 Å². The molecule has 8 nitrogen and oxygen atoms in total. The number of piperidine rings is 1. The molecule has 1 aliphatic heterocycles. The molecule has 1 amide bonds. The van der Waals surface area contributed by atoms with Crippen LogP contribution in [0.1, 0.15) is 57.6 Å². The number of nitrogens with zero attached hydrogens (tertiary/aromatic N) is 2. The van der Waals surface area contributed by atoms with E-state index in [9.17, 15) is 13.2 Å². The Balaban J connectivity index is 1.42. The van der Waals surface area contributed by atoms with Crippen LogP contribution in [0.15, 0.2) is 59.6 Å². The first-order chi connectivity index (χ1) is 19.4. The van der Waals surface area contributed by atoms with Gasteiger partial charge in [-0.2, -0.15) is 8.42 Å². The number of carbonyl (C=O) groups is 1. The predicted octanol–water partition coefficient (Wildman–Crippen LogP) is 6.54. The Morgan fingerprint density at radius 2 is 1.80 bits per heavy atom. The highest BCUT2D eigenvalue weighted by atomic mass is 32.2. The van der Waals surface area contributed by atoms with Gasteiger partial charge in [-0.25, -0.2) is 4.79 Å². The van der Waals surface area contributed by atoms with E-state index < -0.39 is 15.7 Å². The largest absolute Gasteiger partial charge is 0.497 e. The molecule has 9 heteroatoms. The summed E-state index contributed by atoms with van der Waals surface area (Å²) in [5, 5.41) is 1.10. The zero-order chi connectivity index (χ0) is 29.6. The number of benzene rings is 2. The minimum atomic E-state index is -3.85. The summed E-state index contributed by atoms with van der Waals surface area (Å²) < 4.78 is 42.0. The lowest BCUT2D eigenvalue weighted by Gasteiger charge is -2.39. The first-order valence-electron chi connectivity index (χ1n) is 14.3. The third kappa shape index (κ3) is 8.42. The monoisotopic (exact) mass is 582 g/mol. The van der Waals surface area contributed by atoms with Gasteiger partial charge in [-0.3, -0.25) is 9.17 Å². The summed E-state index contributed by atoms with van der Waals surface area (Å²) in [6.07, 6.45) is 5.70. The minimum absolute atomic E-state index is 0.0638. The van der Waals surface area contributed by atoms with Crippen molar-refractivity contribution >= 4 is 27.1 Å². The molecule has 0 N–H and O–H groups in total. The second kappa shape index (κ2) is 13.2. The van der Waals surface area contributed by atoms with Crippen LogP contribution in [-0.2, 0) is 25.5 Å². The van der Waals surface area contributed by atoms with Gasteiger partial charge in [0.15, 0.2) is 0 Å². The van der Waals surface area contributed by atoms with Gasteiger partial charge >= 0.3 is 6.09 Å². The fraction of sp³-hybridized carbons (Fsp3) is 0.500. The lowest BCUT2D eigenvalue weighted by Crippen LogP contribution is -2.46. The maximum atomic E-state index is 12.8. The highest BCUT2D eigenvalue weighted by molar-refractivity contribution is 7.86. The van der Waals surface area contributed by atoms with Crippen molar-refractivity contribution in [3.63, 3.8) is 0 Å². The summed E-state index contributed by atoms with van der Waals surface area (Å²) in [5.41, 5.74) is 2.57. The second-order valence-corrected chi connectivity index (χ2v) is 13.5. The van der Waals surface area contributed by atoms with E-state index >= 15 is 0 Å². The van der Waals surface area contributed by atoms with Gasteiger partial charge in [-0.1, -0.05) is 17.7 Å². The Morgan fingerprint density at radius 3 is 2.51 bits per heavy atom. The molecule has 0 aliphatic carbocycles. The number of carbonyl (C=O) groups excluding carboxylic acids is 1. The summed E-state index contributed by atoms with van der Waals surface area (Å²) in [6.45, 7) is 8.68. The van der Waals surface area contributed by atoms with Crippen molar-refractivity contribution in [2.45, 2.75) is 70.3 Å². The molecule has 2 aromatic carbocycles. The number of ether oxygens (including phenoxy) is 2. The summed E-state index contributed by atoms with van der Waals surface area (Å²) in [6, 6.07) is 14.6. The molecule has 1 aliphatic rings. The van der Waals surface area contributed by atoms with Gasteiger partial charge < -0.3 is 14.4 Å². The molecule has 1 saturated heterocycles. The van der Waals surface area contributed by atoms with Crippen LogP contribution >= 0.6 is 0 Å². The number of rotatable bonds is 10. The standard InChI is InChI=1S/C32H42N2O6S/c1-23-9-12-28(13-10-23)41(36,37)39-20-17-26-22-34(31(35)40-32(2,3)4)19-16-24(26)7-6-8-25-15-18-33-30-14-11-27(38-5)21-29(25)30/h9-15,18,21,24,26H,6-8,16-17,19-20,22H2,1-5H3/t24-,26+/m1/s1. The van der Waals surface area contributed by atoms with Gasteiger partial charge in [0.25, 0.3) is 10.1 Å². The number of pyridine rings is 1. The highest BCUT2D eigenvalue weighted by Gasteiger charge is 2.33. The van der Waals surface area contributed by atoms with E-state index in [-0.39, 0.29) is 23.5 Å². The molecule has 222 valence electrons. The third-order valence-electron chi connectivity index (χ3n) is 7.64. The van der Waals surface area contributed by atoms with Gasteiger partial charge in [0.2, 0.25) is 0 Å². The number of aromatic nitrogens is 1. The molecular formula is C32H42N2O6S. The van der Waals surface area contributed by atoms with E-state index in [0.717, 1.165) is 47.9 Å². The molecule has 0 unspecified atom stereocenters. The highest BCUT2D eigenvalue weighted by Crippen LogP contribution is 2.33. The first-order valence-corrected chi connectivity index (χ1v) is 15.7. The summed E-state index contributed by atoms with van der Waals surface area (Å²) in [5.74, 6) is 1.24. The molecule has 1 aromatic heterocycles. The van der Waals surface area contributed by atoms with Crippen LogP contribution in [0.25, 0.3) is 10.9 Å². The smallest absolute Gasteiger partial charge is 0.410 e. The lowest BCUT2D eigenvalue weighted by molar-refractivity contribution is 0.00739. The van der Waals surface area contributed by atoms with Gasteiger partial charge in [0.05, 0.1) is 24.1 Å². The number of hydrogen-bond donors (Lipinski definition) is 0. The zero-order valence-corrected chi connectivity index (χ0v) is 25.6. The second-order valence-electron chi connectivity index (χ2n) is 11.9. The molecule has 0 bridgehead atoms. The molecule has 1 fully saturated rings. The van der Waals surface area contributed by atoms with Crippen molar-refractivity contribution in [3.8, 4) is 5.75 Å². The predicted molar refractivity (Wildman–Crippen MR) is 160 cm³/mol. The fourth-order valence-electron chi connectivity index (χ4n) is 5.44. The Bertz CT molecular complexity index is 1430. The molecule has 3 aromatic rings. The van der Waals surface area contributed by atoms with Crippen molar-refractivity contribution < 1.29 is 26.9 Å². The Hall–Kier alpha value is -3.17. The van der Waals surface area contributed by atoms with Gasteiger partial charge in [-0.05, 0) is 114 Å². The molecular weight excluding hydrogens is 540 g/mol. The van der Waals surface area contributed by atoms with Gasteiger partial charge in [-0.15, -0.1) is 0 Å². The summed E-state index contributed by atoms with van der Waals surface area (Å²) >= 11 is 0. The zero-order valence-electron chi connectivity index (χ0n) is 24.8. The van der Waals surface area contributed by atoms with Crippen molar-refractivity contribution in [1.82, 2.24) is 9.88 Å². The average molecular weight is 583 g/mol. The van der Waals surface area contributed by atoms with Crippen LogP contribution in [0.5, 0.6) is 5.75 Å². The van der Waals surface area contributed by atoms with E-state index in [4.69, 9.17) is 13.7 Å². The minimum Gasteiger partial charge on any atom is -0.497 e. The Morgan fingerprint density at radius 1 is 1.05 bits per heavy atom. The fourth-order valence-corrected chi connectivity index (χ4v) is 6.37. The Labute approximate surface area is 244 Å². The molecule has 0 saturated carbocycles. The quantitative estimate of drug-likeness (QED) is 0.250. The van der Waals surface area contributed by atoms with Crippen molar-refractivity contribution in [3.05, 3.63) is 65.9 Å². The van der Waals surface area contributed by atoms with Crippen LogP contribution in [-0.4, -0.2) is 56.8 Å². The van der Waals surface area contributed by atoms with E-state index in [1.807, 2.05) is 52.1 Å². The van der Waals surface area contributed by atoms with Crippen LogP contribution in [0.3, 0.4) is 0 Å². The maximum absolute atomic E-state index is 12.8. The number of hydrogen-bond acceptors (Lipinski definition) is 7. The Kier molecular flexibility index (Phi) is 9.92. The number of fused-ring (bicyclic) bond motifs is 1. The molecule has 41 heavy (non-hydrogen) atoms. The topological polar surface area (TPSA) is 95.0 Å². The van der Waals surface area contributed by atoms with E-state index in [1.165, 1.54) is 5.56 Å². The van der Waals surface area contributed by atoms with Crippen molar-refractivity contribution in [2.24, 2.45) is 11.8 Å². The average Bonchev–Trinajstić information content (AvgIpc) is 2.92. The molecule has 0 radical (unpaired) electrons.